The van der Waals surface area contributed by atoms with Gasteiger partial charge in [0.25, 0.3) is 5.56 Å². The topological polar surface area (TPSA) is 120 Å². The molecule has 9 heteroatoms. The van der Waals surface area contributed by atoms with Crippen LogP contribution in [0.2, 0.25) is 0 Å². The van der Waals surface area contributed by atoms with Gasteiger partial charge in [0.2, 0.25) is 0 Å². The molecule has 0 spiro atoms. The molecule has 0 amide bonds. The summed E-state index contributed by atoms with van der Waals surface area (Å²) in [5.74, 6) is -0.371. The molecule has 0 aliphatic heterocycles. The molecule has 4 aromatic rings. The number of carbonyl (C=O) groups is 1. The second-order valence-electron chi connectivity index (χ2n) is 7.98. The molecule has 0 aliphatic carbocycles. The number of ether oxygens (including phenoxy) is 1. The molecular formula is C26H26N4O5. The lowest BCUT2D eigenvalue weighted by molar-refractivity contribution is 0.0522. The Hall–Kier alpha value is -4.27. The average Bonchev–Trinajstić information content (AvgIpc) is 3.31. The second kappa shape index (κ2) is 10.8. The molecule has 0 saturated carbocycles. The first-order valence-electron chi connectivity index (χ1n) is 11.5. The van der Waals surface area contributed by atoms with Crippen LogP contribution in [0.25, 0.3) is 22.5 Å². The monoisotopic (exact) mass is 474 g/mol. The van der Waals surface area contributed by atoms with Gasteiger partial charge in [-0.1, -0.05) is 61.9 Å². The van der Waals surface area contributed by atoms with E-state index in [1.54, 1.807) is 11.5 Å². The second-order valence-corrected chi connectivity index (χ2v) is 7.98. The Morgan fingerprint density at radius 3 is 2.46 bits per heavy atom. The van der Waals surface area contributed by atoms with Gasteiger partial charge in [-0.25, -0.2) is 14.6 Å². The number of H-pyrrole nitrogens is 1. The maximum atomic E-state index is 13.1. The number of hydrogen-bond donors (Lipinski definition) is 1. The van der Waals surface area contributed by atoms with Crippen molar-refractivity contribution in [1.82, 2.24) is 19.7 Å². The lowest BCUT2D eigenvalue weighted by atomic mass is 9.98. The highest BCUT2D eigenvalue weighted by Crippen LogP contribution is 2.29. The highest BCUT2D eigenvalue weighted by atomic mass is 16.5. The summed E-state index contributed by atoms with van der Waals surface area (Å²) in [5, 5.41) is 2.55. The Morgan fingerprint density at radius 2 is 1.80 bits per heavy atom. The van der Waals surface area contributed by atoms with E-state index in [0.29, 0.717) is 18.1 Å². The third kappa shape index (κ3) is 5.29. The zero-order chi connectivity index (χ0) is 24.8. The SMILES string of the molecule is CCCCc1ncc(C(=O)OCC)c(=O)n1Cc1ccc(-c2ccccc2-c2nc(=O)o[nH]2)cc1. The standard InChI is InChI=1S/C26H26N4O5/c1-3-5-10-22-27-15-21(25(32)34-4-2)24(31)30(22)16-17-11-13-18(14-12-17)19-8-6-7-9-20(19)23-28-26(33)35-29-23/h6-9,11-15H,3-5,10,16H2,1-2H3,(H,28,29,33). The Balaban J connectivity index is 1.67. The Labute approximate surface area is 201 Å². The van der Waals surface area contributed by atoms with E-state index < -0.39 is 17.3 Å². The number of unbranched alkanes of at least 4 members (excludes halogenated alkanes) is 1. The van der Waals surface area contributed by atoms with Crippen molar-refractivity contribution in [3.63, 3.8) is 0 Å². The van der Waals surface area contributed by atoms with Crippen molar-refractivity contribution in [2.24, 2.45) is 0 Å². The zero-order valence-electron chi connectivity index (χ0n) is 19.6. The van der Waals surface area contributed by atoms with E-state index >= 15 is 0 Å². The smallest absolute Gasteiger partial charge is 0.460 e. The third-order valence-corrected chi connectivity index (χ3v) is 5.61. The van der Waals surface area contributed by atoms with Crippen LogP contribution < -0.4 is 11.3 Å². The van der Waals surface area contributed by atoms with E-state index in [-0.39, 0.29) is 18.7 Å². The average molecular weight is 475 g/mol. The molecular weight excluding hydrogens is 448 g/mol. The Kier molecular flexibility index (Phi) is 7.35. The number of nitrogens with zero attached hydrogens (tertiary/aromatic N) is 3. The first-order valence-corrected chi connectivity index (χ1v) is 11.5. The van der Waals surface area contributed by atoms with Crippen molar-refractivity contribution < 1.29 is 14.1 Å². The van der Waals surface area contributed by atoms with E-state index in [4.69, 9.17) is 9.26 Å². The van der Waals surface area contributed by atoms with Crippen molar-refractivity contribution in [3.8, 4) is 22.5 Å². The van der Waals surface area contributed by atoms with E-state index in [2.05, 4.69) is 22.0 Å². The van der Waals surface area contributed by atoms with Gasteiger partial charge in [0.15, 0.2) is 5.82 Å². The number of aromatic nitrogens is 4. The van der Waals surface area contributed by atoms with Crippen LogP contribution in [0.1, 0.15) is 48.4 Å². The fourth-order valence-electron chi connectivity index (χ4n) is 3.83. The number of aryl methyl sites for hydroxylation is 1. The molecule has 0 unspecified atom stereocenters. The van der Waals surface area contributed by atoms with Crippen LogP contribution in [-0.4, -0.2) is 32.3 Å². The van der Waals surface area contributed by atoms with Crippen LogP contribution >= 0.6 is 0 Å². The van der Waals surface area contributed by atoms with Gasteiger partial charge < -0.3 is 9.26 Å². The fraction of sp³-hybridized carbons (Fsp3) is 0.269. The van der Waals surface area contributed by atoms with Crippen LogP contribution in [0.15, 0.2) is 68.8 Å². The van der Waals surface area contributed by atoms with Crippen LogP contribution in [0, 0.1) is 0 Å². The Bertz CT molecular complexity index is 1430. The summed E-state index contributed by atoms with van der Waals surface area (Å²) in [4.78, 5) is 45.0. The maximum Gasteiger partial charge on any atom is 0.460 e. The van der Waals surface area contributed by atoms with Crippen molar-refractivity contribution >= 4 is 5.97 Å². The van der Waals surface area contributed by atoms with Crippen molar-refractivity contribution in [2.45, 2.75) is 39.7 Å². The first kappa shape index (κ1) is 23.9. The molecule has 0 radical (unpaired) electrons. The molecule has 2 heterocycles. The molecule has 0 saturated heterocycles. The van der Waals surface area contributed by atoms with Gasteiger partial charge in [-0.05, 0) is 30.0 Å². The number of carbonyl (C=O) groups excluding carboxylic acids is 1. The van der Waals surface area contributed by atoms with Crippen LogP contribution in [0.5, 0.6) is 0 Å². The number of benzene rings is 2. The first-order chi connectivity index (χ1) is 17.0. The van der Waals surface area contributed by atoms with Crippen molar-refractivity contribution in [3.05, 3.63) is 92.6 Å². The molecule has 1 N–H and O–H groups in total. The van der Waals surface area contributed by atoms with Gasteiger partial charge in [0.1, 0.15) is 11.4 Å². The van der Waals surface area contributed by atoms with Gasteiger partial charge in [0.05, 0.1) is 13.2 Å². The number of esters is 1. The molecule has 2 aromatic heterocycles. The molecule has 9 nitrogen and oxygen atoms in total. The molecule has 0 bridgehead atoms. The van der Waals surface area contributed by atoms with Crippen molar-refractivity contribution in [2.75, 3.05) is 6.61 Å². The van der Waals surface area contributed by atoms with Gasteiger partial charge in [0, 0.05) is 18.2 Å². The van der Waals surface area contributed by atoms with Crippen LogP contribution in [-0.2, 0) is 17.7 Å². The van der Waals surface area contributed by atoms with Crippen LogP contribution in [0.3, 0.4) is 0 Å². The summed E-state index contributed by atoms with van der Waals surface area (Å²) in [6.45, 7) is 4.22. The zero-order valence-corrected chi connectivity index (χ0v) is 19.6. The van der Waals surface area contributed by atoms with Gasteiger partial charge in [-0.2, -0.15) is 10.1 Å². The van der Waals surface area contributed by atoms with Gasteiger partial charge in [-0.3, -0.25) is 9.36 Å². The predicted octanol–water partition coefficient (Wildman–Crippen LogP) is 3.82. The molecule has 0 fully saturated rings. The molecule has 180 valence electrons. The summed E-state index contributed by atoms with van der Waals surface area (Å²) in [6.07, 6.45) is 3.79. The summed E-state index contributed by atoms with van der Waals surface area (Å²) >= 11 is 0. The molecule has 4 rings (SSSR count). The van der Waals surface area contributed by atoms with Gasteiger partial charge >= 0.3 is 11.7 Å². The van der Waals surface area contributed by atoms with Gasteiger partial charge in [-0.15, -0.1) is 0 Å². The highest BCUT2D eigenvalue weighted by molar-refractivity contribution is 5.88. The van der Waals surface area contributed by atoms with E-state index in [1.165, 1.54) is 6.20 Å². The minimum Gasteiger partial charge on any atom is -0.462 e. The third-order valence-electron chi connectivity index (χ3n) is 5.61. The van der Waals surface area contributed by atoms with Crippen LogP contribution in [0.4, 0.5) is 0 Å². The highest BCUT2D eigenvalue weighted by Gasteiger charge is 2.18. The summed E-state index contributed by atoms with van der Waals surface area (Å²) < 4.78 is 11.3. The Morgan fingerprint density at radius 1 is 1.06 bits per heavy atom. The minimum absolute atomic E-state index is 0.0701. The number of nitrogens with one attached hydrogen (secondary N) is 1. The van der Waals surface area contributed by atoms with E-state index in [1.807, 2.05) is 48.5 Å². The quantitative estimate of drug-likeness (QED) is 0.366. The summed E-state index contributed by atoms with van der Waals surface area (Å²) in [6, 6.07) is 15.2. The maximum absolute atomic E-state index is 13.1. The largest absolute Gasteiger partial charge is 0.462 e. The number of rotatable bonds is 9. The van der Waals surface area contributed by atoms with E-state index in [9.17, 15) is 14.4 Å². The van der Waals surface area contributed by atoms with E-state index in [0.717, 1.165) is 35.1 Å². The summed E-state index contributed by atoms with van der Waals surface area (Å²) in [7, 11) is 0. The lowest BCUT2D eigenvalue weighted by Crippen LogP contribution is -2.31. The predicted molar refractivity (Wildman–Crippen MR) is 130 cm³/mol. The fourth-order valence-corrected chi connectivity index (χ4v) is 3.83. The minimum atomic E-state index is -0.687. The van der Waals surface area contributed by atoms with Crippen molar-refractivity contribution in [1.29, 1.82) is 0 Å². The molecule has 0 aliphatic rings. The number of aromatic amines is 1. The lowest BCUT2D eigenvalue weighted by Gasteiger charge is -2.14. The molecule has 35 heavy (non-hydrogen) atoms. The number of hydrogen-bond acceptors (Lipinski definition) is 7. The molecule has 0 atom stereocenters. The summed E-state index contributed by atoms with van der Waals surface area (Å²) in [5.41, 5.74) is 2.91. The molecule has 2 aromatic carbocycles. The normalized spacial score (nSPS) is 10.9.